The van der Waals surface area contributed by atoms with Crippen LogP contribution >= 0.6 is 0 Å². The Labute approximate surface area is 198 Å². The van der Waals surface area contributed by atoms with Gasteiger partial charge >= 0.3 is 5.69 Å². The Balaban J connectivity index is 1.37. The first-order chi connectivity index (χ1) is 16.4. The number of amides is 1. The van der Waals surface area contributed by atoms with Crippen molar-refractivity contribution in [1.29, 1.82) is 0 Å². The van der Waals surface area contributed by atoms with Gasteiger partial charge in [-0.3, -0.25) is 14.9 Å². The Bertz CT molecular complexity index is 1210. The van der Waals surface area contributed by atoms with Gasteiger partial charge in [-0.2, -0.15) is 0 Å². The fourth-order valence-corrected chi connectivity index (χ4v) is 4.43. The summed E-state index contributed by atoms with van der Waals surface area (Å²) < 4.78 is 5.07. The van der Waals surface area contributed by atoms with Crippen LogP contribution < -0.4 is 20.3 Å². The second-order valence-electron chi connectivity index (χ2n) is 8.75. The molecule has 0 radical (unpaired) electrons. The fraction of sp³-hybridized carbons (Fsp3) is 0.360. The third-order valence-corrected chi connectivity index (χ3v) is 6.23. The monoisotopic (exact) mass is 463 g/mol. The number of hydrogen-bond acceptors (Lipinski definition) is 7. The first-order valence-electron chi connectivity index (χ1n) is 11.3. The van der Waals surface area contributed by atoms with Crippen molar-refractivity contribution in [2.45, 2.75) is 37.8 Å². The number of pyridine rings is 1. The van der Waals surface area contributed by atoms with Crippen molar-refractivity contribution in [2.75, 3.05) is 31.4 Å². The maximum Gasteiger partial charge on any atom is 0.310 e. The minimum Gasteiger partial charge on any atom is -0.490 e. The Kier molecular flexibility index (Phi) is 6.81. The molecule has 4 rings (SSSR count). The predicted octanol–water partition coefficient (Wildman–Crippen LogP) is 4.37. The van der Waals surface area contributed by atoms with Crippen LogP contribution in [0.5, 0.6) is 5.75 Å². The van der Waals surface area contributed by atoms with Crippen molar-refractivity contribution in [3.05, 3.63) is 64.2 Å². The summed E-state index contributed by atoms with van der Waals surface area (Å²) in [6.07, 6.45) is 3.48. The van der Waals surface area contributed by atoms with Gasteiger partial charge in [0.1, 0.15) is 5.82 Å². The van der Waals surface area contributed by atoms with Gasteiger partial charge < -0.3 is 20.3 Å². The summed E-state index contributed by atoms with van der Waals surface area (Å²) in [6.45, 7) is 0. The molecule has 9 nitrogen and oxygen atoms in total. The summed E-state index contributed by atoms with van der Waals surface area (Å²) in [4.78, 5) is 30.1. The first-order valence-corrected chi connectivity index (χ1v) is 11.3. The summed E-state index contributed by atoms with van der Waals surface area (Å²) in [5, 5.41) is 18.8. The number of hydrogen-bond donors (Lipinski definition) is 2. The van der Waals surface area contributed by atoms with Gasteiger partial charge in [0, 0.05) is 61.0 Å². The molecule has 1 fully saturated rings. The van der Waals surface area contributed by atoms with Gasteiger partial charge in [0.15, 0.2) is 5.75 Å². The minimum atomic E-state index is -0.527. The molecule has 2 aromatic carbocycles. The number of nitro groups is 1. The predicted molar refractivity (Wildman–Crippen MR) is 133 cm³/mol. The van der Waals surface area contributed by atoms with E-state index >= 15 is 0 Å². The molecule has 1 heterocycles. The summed E-state index contributed by atoms with van der Waals surface area (Å²) in [7, 11) is 5.41. The van der Waals surface area contributed by atoms with E-state index < -0.39 is 4.92 Å². The zero-order valence-electron chi connectivity index (χ0n) is 19.6. The lowest BCUT2D eigenvalue weighted by molar-refractivity contribution is -0.385. The zero-order valence-corrected chi connectivity index (χ0v) is 19.6. The highest BCUT2D eigenvalue weighted by molar-refractivity contribution is 5.95. The smallest absolute Gasteiger partial charge is 0.310 e. The molecule has 0 spiro atoms. The molecule has 1 amide bonds. The van der Waals surface area contributed by atoms with E-state index in [2.05, 4.69) is 27.7 Å². The SMILES string of the molecule is COc1cc(C(=O)N[C@H]2CC[C@@H](Nc3cc(N(C)C)c4ccccc4n3)CC2)ccc1[N+](=O)[O-]. The number of benzene rings is 2. The molecule has 1 aromatic heterocycles. The van der Waals surface area contributed by atoms with Crippen molar-refractivity contribution < 1.29 is 14.5 Å². The van der Waals surface area contributed by atoms with E-state index in [1.807, 2.05) is 32.3 Å². The van der Waals surface area contributed by atoms with Crippen LogP contribution in [0.2, 0.25) is 0 Å². The number of nitrogens with zero attached hydrogens (tertiary/aromatic N) is 3. The molecule has 0 bridgehead atoms. The molecule has 1 aliphatic carbocycles. The number of ether oxygens (including phenoxy) is 1. The lowest BCUT2D eigenvalue weighted by Crippen LogP contribution is -2.40. The lowest BCUT2D eigenvalue weighted by Gasteiger charge is -2.30. The number of methoxy groups -OCH3 is 1. The van der Waals surface area contributed by atoms with Crippen LogP contribution in [0.15, 0.2) is 48.5 Å². The van der Waals surface area contributed by atoms with Gasteiger partial charge in [0.05, 0.1) is 17.5 Å². The number of nitrogens with one attached hydrogen (secondary N) is 2. The van der Waals surface area contributed by atoms with E-state index in [1.165, 1.54) is 25.3 Å². The van der Waals surface area contributed by atoms with Gasteiger partial charge in [-0.15, -0.1) is 0 Å². The number of aromatic nitrogens is 1. The molecule has 34 heavy (non-hydrogen) atoms. The summed E-state index contributed by atoms with van der Waals surface area (Å²) >= 11 is 0. The molecule has 0 atom stereocenters. The highest BCUT2D eigenvalue weighted by atomic mass is 16.6. The molecular weight excluding hydrogens is 434 g/mol. The van der Waals surface area contributed by atoms with Crippen molar-refractivity contribution in [2.24, 2.45) is 0 Å². The highest BCUT2D eigenvalue weighted by Crippen LogP contribution is 2.30. The van der Waals surface area contributed by atoms with E-state index in [0.717, 1.165) is 48.1 Å². The second-order valence-corrected chi connectivity index (χ2v) is 8.75. The number of rotatable bonds is 7. The summed E-state index contributed by atoms with van der Waals surface area (Å²) in [5.41, 5.74) is 2.26. The molecule has 0 unspecified atom stereocenters. The largest absolute Gasteiger partial charge is 0.490 e. The highest BCUT2D eigenvalue weighted by Gasteiger charge is 2.24. The van der Waals surface area contributed by atoms with E-state index in [0.29, 0.717) is 5.56 Å². The number of carbonyl (C=O) groups excluding carboxylic acids is 1. The van der Waals surface area contributed by atoms with Crippen LogP contribution in [-0.2, 0) is 0 Å². The molecular formula is C25H29N5O4. The van der Waals surface area contributed by atoms with E-state index in [1.54, 1.807) is 0 Å². The molecule has 2 N–H and O–H groups in total. The van der Waals surface area contributed by atoms with E-state index in [-0.39, 0.29) is 29.4 Å². The molecule has 3 aromatic rings. The van der Waals surface area contributed by atoms with Gasteiger partial charge in [-0.25, -0.2) is 4.98 Å². The summed E-state index contributed by atoms with van der Waals surface area (Å²) in [6, 6.07) is 14.7. The average molecular weight is 464 g/mol. The number of nitro benzene ring substituents is 1. The molecule has 178 valence electrons. The molecule has 1 saturated carbocycles. The quantitative estimate of drug-likeness (QED) is 0.395. The number of para-hydroxylation sites is 1. The fourth-order valence-electron chi connectivity index (χ4n) is 4.43. The molecule has 0 aliphatic heterocycles. The number of anilines is 2. The average Bonchev–Trinajstić information content (AvgIpc) is 2.84. The standard InChI is InChI=1S/C25H29N5O4/c1-29(2)22-15-24(28-20-7-5-4-6-19(20)22)26-17-9-11-18(12-10-17)27-25(31)16-8-13-21(30(32)33)23(14-16)34-3/h4-8,13-15,17-18H,9-12H2,1-3H3,(H,26,28)(H,27,31)/t17-,18+. The normalized spacial score (nSPS) is 17.7. The Morgan fingerprint density at radius 3 is 2.47 bits per heavy atom. The van der Waals surface area contributed by atoms with Crippen LogP contribution in [0.3, 0.4) is 0 Å². The van der Waals surface area contributed by atoms with Gasteiger partial charge in [0.2, 0.25) is 0 Å². The van der Waals surface area contributed by atoms with Crippen molar-refractivity contribution >= 4 is 34.0 Å². The topological polar surface area (TPSA) is 110 Å². The minimum absolute atomic E-state index is 0.0497. The van der Waals surface area contributed by atoms with Crippen LogP contribution in [-0.4, -0.2) is 49.1 Å². The number of carbonyl (C=O) groups is 1. The maximum absolute atomic E-state index is 12.7. The first kappa shape index (κ1) is 23.3. The van der Waals surface area contributed by atoms with Crippen molar-refractivity contribution in [1.82, 2.24) is 10.3 Å². The van der Waals surface area contributed by atoms with E-state index in [9.17, 15) is 14.9 Å². The van der Waals surface area contributed by atoms with Crippen LogP contribution in [0.1, 0.15) is 36.0 Å². The Morgan fingerprint density at radius 2 is 1.79 bits per heavy atom. The number of fused-ring (bicyclic) bond motifs is 1. The second kappa shape index (κ2) is 9.94. The van der Waals surface area contributed by atoms with Crippen LogP contribution in [0, 0.1) is 10.1 Å². The lowest BCUT2D eigenvalue weighted by atomic mass is 9.91. The van der Waals surface area contributed by atoms with Crippen LogP contribution in [0.25, 0.3) is 10.9 Å². The summed E-state index contributed by atoms with van der Waals surface area (Å²) in [5.74, 6) is 0.676. The third-order valence-electron chi connectivity index (χ3n) is 6.23. The van der Waals surface area contributed by atoms with Gasteiger partial charge in [-0.05, 0) is 37.8 Å². The Morgan fingerprint density at radius 1 is 1.09 bits per heavy atom. The van der Waals surface area contributed by atoms with E-state index in [4.69, 9.17) is 9.72 Å². The van der Waals surface area contributed by atoms with Crippen molar-refractivity contribution in [3.8, 4) is 5.75 Å². The van der Waals surface area contributed by atoms with Crippen molar-refractivity contribution in [3.63, 3.8) is 0 Å². The molecule has 9 heteroatoms. The van der Waals surface area contributed by atoms with Crippen LogP contribution in [0.4, 0.5) is 17.2 Å². The molecule has 0 saturated heterocycles. The third kappa shape index (κ3) is 5.03. The Hall–Kier alpha value is -3.88. The molecule has 1 aliphatic rings. The van der Waals surface area contributed by atoms with Gasteiger partial charge in [-0.1, -0.05) is 18.2 Å². The van der Waals surface area contributed by atoms with Gasteiger partial charge in [0.25, 0.3) is 5.91 Å². The maximum atomic E-state index is 12.7. The zero-order chi connectivity index (χ0) is 24.2.